The van der Waals surface area contributed by atoms with E-state index >= 15 is 0 Å². The van der Waals surface area contributed by atoms with Crippen LogP contribution in [0.3, 0.4) is 0 Å². The Morgan fingerprint density at radius 2 is 1.90 bits per heavy atom. The van der Waals surface area contributed by atoms with Gasteiger partial charge in [0.2, 0.25) is 0 Å². The number of benzene rings is 1. The van der Waals surface area contributed by atoms with Gasteiger partial charge in [0.25, 0.3) is 5.91 Å². The van der Waals surface area contributed by atoms with Gasteiger partial charge in [-0.25, -0.2) is 9.97 Å². The van der Waals surface area contributed by atoms with Crippen molar-refractivity contribution in [2.24, 2.45) is 11.8 Å². The van der Waals surface area contributed by atoms with Crippen LogP contribution in [0, 0.1) is 17.2 Å². The van der Waals surface area contributed by atoms with Crippen molar-refractivity contribution in [3.05, 3.63) is 54.0 Å². The molecule has 0 saturated carbocycles. The van der Waals surface area contributed by atoms with E-state index in [0.29, 0.717) is 34.6 Å². The van der Waals surface area contributed by atoms with Crippen molar-refractivity contribution < 1.29 is 4.79 Å². The van der Waals surface area contributed by atoms with Crippen molar-refractivity contribution in [3.63, 3.8) is 0 Å². The van der Waals surface area contributed by atoms with E-state index in [1.54, 1.807) is 12.3 Å². The lowest BCUT2D eigenvalue weighted by atomic mass is 9.92. The quantitative estimate of drug-likeness (QED) is 0.501. The summed E-state index contributed by atoms with van der Waals surface area (Å²) in [4.78, 5) is 23.6. The van der Waals surface area contributed by atoms with Gasteiger partial charge in [-0.1, -0.05) is 26.7 Å². The number of nitrogens with one attached hydrogen (secondary N) is 3. The highest BCUT2D eigenvalue weighted by atomic mass is 16.2. The van der Waals surface area contributed by atoms with Gasteiger partial charge in [0.15, 0.2) is 5.82 Å². The van der Waals surface area contributed by atoms with Crippen molar-refractivity contribution >= 4 is 23.6 Å². The number of anilines is 2. The predicted octanol–water partition coefficient (Wildman–Crippen LogP) is 4.12. The number of amides is 1. The van der Waals surface area contributed by atoms with Gasteiger partial charge in [0.1, 0.15) is 12.1 Å². The Bertz CT molecular complexity index is 1030. The fourth-order valence-corrected chi connectivity index (χ4v) is 4.22. The number of hydrogen-bond donors (Lipinski definition) is 3. The Kier molecular flexibility index (Phi) is 6.06. The van der Waals surface area contributed by atoms with Crippen molar-refractivity contribution in [3.8, 4) is 11.4 Å². The molecule has 160 valence electrons. The molecule has 0 bridgehead atoms. The lowest BCUT2D eigenvalue weighted by Crippen LogP contribution is -2.29. The van der Waals surface area contributed by atoms with Crippen LogP contribution in [0.2, 0.25) is 0 Å². The fraction of sp³-hybridized carbons (Fsp3) is 0.348. The van der Waals surface area contributed by atoms with Crippen LogP contribution >= 0.6 is 0 Å². The number of aromatic nitrogens is 4. The molecule has 8 heteroatoms. The molecule has 1 aliphatic rings. The van der Waals surface area contributed by atoms with Crippen LogP contribution in [0.25, 0.3) is 11.4 Å². The second-order valence-electron chi connectivity index (χ2n) is 7.89. The Morgan fingerprint density at radius 1 is 1.19 bits per heavy atom. The molecule has 2 unspecified atom stereocenters. The standard InChI is InChI=1S/C23H27N7O/c1-3-15-12-30(13-16(15)4-2)23(31)19-9-18(10-24)21(25-11-19)28-20-7-5-17(6-8-20)22-26-14-27-29-22/h5-11,14-16,24H,3-4,12-13H2,1-2H3,(H,25,28)(H,26,27,29). The molecule has 31 heavy (non-hydrogen) atoms. The zero-order chi connectivity index (χ0) is 21.8. The second kappa shape index (κ2) is 9.07. The number of likely N-dealkylation sites (tertiary alicyclic amines) is 1. The molecule has 3 N–H and O–H groups in total. The Labute approximate surface area is 181 Å². The molecule has 3 aromatic rings. The third-order valence-electron chi connectivity index (χ3n) is 6.07. The highest BCUT2D eigenvalue weighted by Crippen LogP contribution is 2.30. The maximum absolute atomic E-state index is 13.0. The van der Waals surface area contributed by atoms with Gasteiger partial charge in [-0.2, -0.15) is 5.10 Å². The summed E-state index contributed by atoms with van der Waals surface area (Å²) in [6.45, 7) is 5.97. The van der Waals surface area contributed by atoms with Crippen molar-refractivity contribution in [2.45, 2.75) is 26.7 Å². The summed E-state index contributed by atoms with van der Waals surface area (Å²) in [5, 5.41) is 17.7. The molecule has 1 aliphatic heterocycles. The number of pyridine rings is 1. The number of H-pyrrole nitrogens is 1. The first-order chi connectivity index (χ1) is 15.1. The molecule has 1 saturated heterocycles. The first-order valence-electron chi connectivity index (χ1n) is 10.7. The van der Waals surface area contributed by atoms with Crippen molar-refractivity contribution in [1.29, 1.82) is 5.41 Å². The number of carbonyl (C=O) groups is 1. The first kappa shape index (κ1) is 20.7. The summed E-state index contributed by atoms with van der Waals surface area (Å²) in [5.74, 6) is 2.35. The van der Waals surface area contributed by atoms with Gasteiger partial charge in [-0.05, 0) is 42.2 Å². The zero-order valence-corrected chi connectivity index (χ0v) is 17.8. The minimum Gasteiger partial charge on any atom is -0.340 e. The predicted molar refractivity (Wildman–Crippen MR) is 121 cm³/mol. The Balaban J connectivity index is 1.49. The smallest absolute Gasteiger partial charge is 0.255 e. The molecule has 0 spiro atoms. The van der Waals surface area contributed by atoms with Crippen molar-refractivity contribution in [1.82, 2.24) is 25.1 Å². The summed E-state index contributed by atoms with van der Waals surface area (Å²) in [5.41, 5.74) is 2.85. The van der Waals surface area contributed by atoms with Crippen LogP contribution in [-0.2, 0) is 0 Å². The van der Waals surface area contributed by atoms with Gasteiger partial charge in [0, 0.05) is 42.3 Å². The molecule has 0 radical (unpaired) electrons. The maximum atomic E-state index is 13.0. The van der Waals surface area contributed by atoms with Crippen LogP contribution in [0.15, 0.2) is 42.9 Å². The molecule has 8 nitrogen and oxygen atoms in total. The molecular formula is C23H27N7O. The first-order valence-corrected chi connectivity index (χ1v) is 10.7. The minimum atomic E-state index is -0.00652. The number of rotatable bonds is 7. The van der Waals surface area contributed by atoms with Gasteiger partial charge in [-0.15, -0.1) is 0 Å². The molecule has 1 amide bonds. The minimum absolute atomic E-state index is 0.00652. The molecule has 3 heterocycles. The molecule has 2 atom stereocenters. The van der Waals surface area contributed by atoms with Gasteiger partial charge in [0.05, 0.1) is 5.56 Å². The number of carbonyl (C=O) groups excluding carboxylic acids is 1. The summed E-state index contributed by atoms with van der Waals surface area (Å²) < 4.78 is 0. The zero-order valence-electron chi connectivity index (χ0n) is 17.8. The summed E-state index contributed by atoms with van der Waals surface area (Å²) in [6.07, 6.45) is 6.47. The van der Waals surface area contributed by atoms with E-state index in [0.717, 1.165) is 37.2 Å². The highest BCUT2D eigenvalue weighted by Gasteiger charge is 2.33. The van der Waals surface area contributed by atoms with Crippen LogP contribution in [0.4, 0.5) is 11.5 Å². The molecule has 2 aromatic heterocycles. The van der Waals surface area contributed by atoms with E-state index in [9.17, 15) is 4.79 Å². The van der Waals surface area contributed by atoms with Gasteiger partial charge >= 0.3 is 0 Å². The van der Waals surface area contributed by atoms with Gasteiger partial charge in [-0.3, -0.25) is 9.89 Å². The Hall–Kier alpha value is -3.55. The number of nitrogens with zero attached hydrogens (tertiary/aromatic N) is 4. The Morgan fingerprint density at radius 3 is 2.48 bits per heavy atom. The second-order valence-corrected chi connectivity index (χ2v) is 7.89. The van der Waals surface area contributed by atoms with E-state index in [4.69, 9.17) is 5.41 Å². The van der Waals surface area contributed by atoms with E-state index in [1.165, 1.54) is 12.5 Å². The fourth-order valence-electron chi connectivity index (χ4n) is 4.22. The lowest BCUT2D eigenvalue weighted by molar-refractivity contribution is 0.0783. The summed E-state index contributed by atoms with van der Waals surface area (Å²) in [6, 6.07) is 9.41. The normalized spacial score (nSPS) is 18.2. The topological polar surface area (TPSA) is 111 Å². The van der Waals surface area contributed by atoms with Crippen molar-refractivity contribution in [2.75, 3.05) is 18.4 Å². The highest BCUT2D eigenvalue weighted by molar-refractivity contribution is 5.97. The maximum Gasteiger partial charge on any atom is 0.255 e. The summed E-state index contributed by atoms with van der Waals surface area (Å²) >= 11 is 0. The van der Waals surface area contributed by atoms with Crippen LogP contribution in [0.5, 0.6) is 0 Å². The molecule has 4 rings (SSSR count). The van der Waals surface area contributed by atoms with E-state index in [-0.39, 0.29) is 5.91 Å². The number of aromatic amines is 1. The molecule has 0 aliphatic carbocycles. The van der Waals surface area contributed by atoms with E-state index < -0.39 is 0 Å². The molecule has 1 aromatic carbocycles. The molecular weight excluding hydrogens is 390 g/mol. The van der Waals surface area contributed by atoms with Gasteiger partial charge < -0.3 is 15.6 Å². The lowest BCUT2D eigenvalue weighted by Gasteiger charge is -2.17. The average Bonchev–Trinajstić information content (AvgIpc) is 3.49. The average molecular weight is 418 g/mol. The molecule has 1 fully saturated rings. The van der Waals surface area contributed by atoms with Crippen LogP contribution in [-0.4, -0.2) is 50.3 Å². The van der Waals surface area contributed by atoms with Crippen LogP contribution < -0.4 is 5.32 Å². The third-order valence-corrected chi connectivity index (χ3v) is 6.07. The SMILES string of the molecule is CCC1CN(C(=O)c2cnc(Nc3ccc(-c4ncn[nH]4)cc3)c(C=N)c2)CC1CC. The van der Waals surface area contributed by atoms with Crippen LogP contribution in [0.1, 0.15) is 42.6 Å². The third kappa shape index (κ3) is 4.33. The number of hydrogen-bond acceptors (Lipinski definition) is 6. The van der Waals surface area contributed by atoms with E-state index in [2.05, 4.69) is 39.3 Å². The van der Waals surface area contributed by atoms with E-state index in [1.807, 2.05) is 29.2 Å². The summed E-state index contributed by atoms with van der Waals surface area (Å²) in [7, 11) is 0. The monoisotopic (exact) mass is 417 g/mol. The largest absolute Gasteiger partial charge is 0.340 e.